The van der Waals surface area contributed by atoms with E-state index in [1.807, 2.05) is 21.1 Å². The topological polar surface area (TPSA) is 108 Å². The lowest BCUT2D eigenvalue weighted by atomic mass is 10.1. The molecule has 0 amide bonds. The van der Waals surface area contributed by atoms with Gasteiger partial charge in [0.25, 0.3) is 0 Å². The normalized spacial score (nSPS) is 14.4. The summed E-state index contributed by atoms with van der Waals surface area (Å²) < 4.78 is 34.2. The molecule has 0 saturated heterocycles. The summed E-state index contributed by atoms with van der Waals surface area (Å²) in [5.74, 6) is -0.847. The van der Waals surface area contributed by atoms with Gasteiger partial charge >= 0.3 is 19.8 Å². The smallest absolute Gasteiger partial charge is 0.462 e. The highest BCUT2D eigenvalue weighted by Crippen LogP contribution is 2.43. The summed E-state index contributed by atoms with van der Waals surface area (Å²) in [6.45, 7) is 4.13. The number of esters is 2. The van der Waals surface area contributed by atoms with Crippen LogP contribution in [0.25, 0.3) is 0 Å². The van der Waals surface area contributed by atoms with E-state index in [0.29, 0.717) is 23.9 Å². The fraction of sp³-hybridized carbons (Fsp3) is 0.682. The Morgan fingerprint density at radius 1 is 0.574 bits per heavy atom. The summed E-state index contributed by atoms with van der Waals surface area (Å²) in [6, 6.07) is 0. The van der Waals surface area contributed by atoms with Crippen LogP contribution in [0.4, 0.5) is 0 Å². The average Bonchev–Trinajstić information content (AvgIpc) is 3.12. The Morgan fingerprint density at radius 3 is 1.48 bits per heavy atom. The van der Waals surface area contributed by atoms with Crippen molar-refractivity contribution in [1.29, 1.82) is 0 Å². The van der Waals surface area contributed by atoms with Crippen molar-refractivity contribution in [2.24, 2.45) is 0 Å². The Labute approximate surface area is 329 Å². The molecule has 2 atom stereocenters. The van der Waals surface area contributed by atoms with E-state index in [-0.39, 0.29) is 26.1 Å². The summed E-state index contributed by atoms with van der Waals surface area (Å²) in [6.07, 6.45) is 43.8. The van der Waals surface area contributed by atoms with Crippen LogP contribution in [0, 0.1) is 0 Å². The summed E-state index contributed by atoms with van der Waals surface area (Å²) in [4.78, 5) is 35.3. The zero-order valence-corrected chi connectivity index (χ0v) is 35.6. The van der Waals surface area contributed by atoms with Crippen molar-refractivity contribution in [2.45, 2.75) is 148 Å². The predicted molar refractivity (Wildman–Crippen MR) is 224 cm³/mol. The second-order valence-electron chi connectivity index (χ2n) is 14.6. The molecule has 0 aromatic heterocycles. The maximum absolute atomic E-state index is 12.7. The zero-order valence-electron chi connectivity index (χ0n) is 34.7. The number of hydrogen-bond donors (Lipinski definition) is 1. The van der Waals surface area contributed by atoms with E-state index in [9.17, 15) is 19.0 Å². The molecule has 0 rings (SSSR count). The standard InChI is InChI=1S/C44H76NO8P/c1-6-8-10-12-14-16-18-20-22-24-26-28-30-32-34-36-43(46)50-40-42(41-52-54(48,49)51-39-38-45(3,4)5)53-44(47)37-35-33-31-29-27-25-23-21-19-17-15-13-11-9-7-2/h8-11,14-17,20-23,42H,6-7,12-13,18-19,24-41H2,1-5H3/p+1/b10-8-,11-9-,16-14-,17-15-,22-20-,23-21-. The number of ether oxygens (including phenoxy) is 2. The van der Waals surface area contributed by atoms with Crippen molar-refractivity contribution in [1.82, 2.24) is 0 Å². The zero-order chi connectivity index (χ0) is 40.0. The van der Waals surface area contributed by atoms with Gasteiger partial charge in [-0.15, -0.1) is 0 Å². The minimum atomic E-state index is -4.38. The van der Waals surface area contributed by atoms with Crippen molar-refractivity contribution >= 4 is 19.8 Å². The number of unbranched alkanes of at least 4 members (excludes halogenated alkanes) is 10. The molecular weight excluding hydrogens is 701 g/mol. The van der Waals surface area contributed by atoms with E-state index < -0.39 is 32.5 Å². The van der Waals surface area contributed by atoms with Gasteiger partial charge in [-0.3, -0.25) is 18.6 Å². The molecular formula is C44H77NO8P+. The van der Waals surface area contributed by atoms with Gasteiger partial charge in [0.05, 0.1) is 27.7 Å². The van der Waals surface area contributed by atoms with Gasteiger partial charge in [0.15, 0.2) is 6.10 Å². The second-order valence-corrected chi connectivity index (χ2v) is 16.1. The molecule has 2 unspecified atom stereocenters. The van der Waals surface area contributed by atoms with Crippen LogP contribution in [0.5, 0.6) is 0 Å². The molecule has 0 spiro atoms. The van der Waals surface area contributed by atoms with E-state index >= 15 is 0 Å². The lowest BCUT2D eigenvalue weighted by Gasteiger charge is -2.24. The van der Waals surface area contributed by atoms with Crippen LogP contribution in [0.3, 0.4) is 0 Å². The number of phosphoric acid groups is 1. The fourth-order valence-electron chi connectivity index (χ4n) is 5.04. The number of carbonyl (C=O) groups excluding carboxylic acids is 2. The van der Waals surface area contributed by atoms with Gasteiger partial charge in [-0.05, 0) is 77.0 Å². The highest BCUT2D eigenvalue weighted by Gasteiger charge is 2.27. The van der Waals surface area contributed by atoms with Gasteiger partial charge in [-0.1, -0.05) is 125 Å². The first kappa shape index (κ1) is 51.5. The Kier molecular flexibility index (Phi) is 34.4. The third-order valence-electron chi connectivity index (χ3n) is 8.23. The molecule has 10 heteroatoms. The van der Waals surface area contributed by atoms with Gasteiger partial charge in [-0.25, -0.2) is 4.57 Å². The molecule has 54 heavy (non-hydrogen) atoms. The molecule has 0 aromatic carbocycles. The minimum absolute atomic E-state index is 0.0211. The molecule has 0 fully saturated rings. The molecule has 0 aliphatic rings. The van der Waals surface area contributed by atoms with Crippen molar-refractivity contribution in [3.8, 4) is 0 Å². The molecule has 0 heterocycles. The third-order valence-corrected chi connectivity index (χ3v) is 9.22. The Hall–Kier alpha value is -2.55. The first-order valence-corrected chi connectivity index (χ1v) is 22.2. The summed E-state index contributed by atoms with van der Waals surface area (Å²) in [5.41, 5.74) is 0. The lowest BCUT2D eigenvalue weighted by Crippen LogP contribution is -2.37. The fourth-order valence-corrected chi connectivity index (χ4v) is 5.78. The Morgan fingerprint density at radius 2 is 1.00 bits per heavy atom. The number of nitrogens with zero attached hydrogens (tertiary/aromatic N) is 1. The van der Waals surface area contributed by atoms with E-state index in [2.05, 4.69) is 86.8 Å². The first-order chi connectivity index (χ1) is 26.0. The minimum Gasteiger partial charge on any atom is -0.462 e. The van der Waals surface area contributed by atoms with Crippen molar-refractivity contribution in [3.63, 3.8) is 0 Å². The molecule has 0 bridgehead atoms. The molecule has 0 aliphatic heterocycles. The lowest BCUT2D eigenvalue weighted by molar-refractivity contribution is -0.870. The second kappa shape index (κ2) is 36.1. The highest BCUT2D eigenvalue weighted by atomic mass is 31.2. The van der Waals surface area contributed by atoms with E-state index in [1.165, 1.54) is 0 Å². The SMILES string of the molecule is CC/C=C\C/C=C\C/C=C\CCCCCCCC(=O)OCC(COP(=O)(O)OCC[N+](C)(C)C)OC(=O)CCCCCCC/C=C\C/C=C\C/C=C\CC. The van der Waals surface area contributed by atoms with E-state index in [4.69, 9.17) is 18.5 Å². The summed E-state index contributed by atoms with van der Waals surface area (Å²) in [7, 11) is 1.44. The van der Waals surface area contributed by atoms with E-state index in [0.717, 1.165) is 103 Å². The predicted octanol–water partition coefficient (Wildman–Crippen LogP) is 11.5. The number of phosphoric ester groups is 1. The van der Waals surface area contributed by atoms with Crippen LogP contribution in [0.15, 0.2) is 72.9 Å². The number of quaternary nitrogens is 1. The van der Waals surface area contributed by atoms with E-state index in [1.54, 1.807) is 0 Å². The molecule has 0 aliphatic carbocycles. The Bertz CT molecular complexity index is 1150. The highest BCUT2D eigenvalue weighted by molar-refractivity contribution is 7.47. The Balaban J connectivity index is 4.47. The van der Waals surface area contributed by atoms with Crippen molar-refractivity contribution < 1.29 is 42.1 Å². The monoisotopic (exact) mass is 779 g/mol. The molecule has 0 radical (unpaired) electrons. The number of allylic oxidation sites excluding steroid dienone is 12. The third kappa shape index (κ3) is 39.2. The molecule has 310 valence electrons. The number of likely N-dealkylation sites (N-methyl/N-ethyl adjacent to an activating group) is 1. The van der Waals surface area contributed by atoms with Gasteiger partial charge in [0.2, 0.25) is 0 Å². The van der Waals surface area contributed by atoms with Crippen LogP contribution >= 0.6 is 7.82 Å². The van der Waals surface area contributed by atoms with Crippen LogP contribution in [-0.4, -0.2) is 74.9 Å². The quantitative estimate of drug-likeness (QED) is 0.0220. The van der Waals surface area contributed by atoms with Gasteiger partial charge in [-0.2, -0.15) is 0 Å². The largest absolute Gasteiger partial charge is 0.472 e. The molecule has 9 nitrogen and oxygen atoms in total. The van der Waals surface area contributed by atoms with Crippen LogP contribution in [0.2, 0.25) is 0 Å². The number of rotatable bonds is 36. The van der Waals surface area contributed by atoms with Gasteiger partial charge in [0.1, 0.15) is 19.8 Å². The summed E-state index contributed by atoms with van der Waals surface area (Å²) >= 11 is 0. The maximum atomic E-state index is 12.7. The molecule has 1 N–H and O–H groups in total. The van der Waals surface area contributed by atoms with Crippen LogP contribution in [0.1, 0.15) is 142 Å². The molecule has 0 saturated carbocycles. The molecule has 0 aromatic rings. The first-order valence-electron chi connectivity index (χ1n) is 20.7. The van der Waals surface area contributed by atoms with Gasteiger partial charge < -0.3 is 18.9 Å². The van der Waals surface area contributed by atoms with Gasteiger partial charge in [0, 0.05) is 12.8 Å². The van der Waals surface area contributed by atoms with Crippen molar-refractivity contribution in [2.75, 3.05) is 47.5 Å². The average molecular weight is 779 g/mol. The summed E-state index contributed by atoms with van der Waals surface area (Å²) in [5, 5.41) is 0. The maximum Gasteiger partial charge on any atom is 0.472 e. The van der Waals surface area contributed by atoms with Crippen LogP contribution < -0.4 is 0 Å². The number of carbonyl (C=O) groups is 2. The van der Waals surface area contributed by atoms with Crippen molar-refractivity contribution in [3.05, 3.63) is 72.9 Å². The number of hydrogen-bond acceptors (Lipinski definition) is 7. The van der Waals surface area contributed by atoms with Crippen LogP contribution in [-0.2, 0) is 32.7 Å².